The summed E-state index contributed by atoms with van der Waals surface area (Å²) in [7, 11) is 0. The van der Waals surface area contributed by atoms with Gasteiger partial charge in [0.25, 0.3) is 0 Å². The van der Waals surface area contributed by atoms with Gasteiger partial charge in [-0.1, -0.05) is 60.7 Å². The number of hydrogen-bond acceptors (Lipinski definition) is 3. The SMILES string of the molecule is O=C(NCCc1ccccc1)C1CN(C(=O)O)CC1C(=O)NCCc1ccccc1. The zero-order chi connectivity index (χ0) is 21.3. The van der Waals surface area contributed by atoms with Crippen molar-refractivity contribution in [3.05, 3.63) is 71.8 Å². The topological polar surface area (TPSA) is 98.7 Å². The molecule has 1 aliphatic rings. The highest BCUT2D eigenvalue weighted by Gasteiger charge is 2.43. The Kier molecular flexibility index (Phi) is 7.43. The fourth-order valence-electron chi connectivity index (χ4n) is 3.70. The van der Waals surface area contributed by atoms with Crippen molar-refractivity contribution in [1.82, 2.24) is 15.5 Å². The third-order valence-corrected chi connectivity index (χ3v) is 5.38. The number of carbonyl (C=O) groups is 3. The molecule has 158 valence electrons. The molecule has 1 saturated heterocycles. The lowest BCUT2D eigenvalue weighted by Crippen LogP contribution is -2.42. The molecule has 0 bridgehead atoms. The van der Waals surface area contributed by atoms with Gasteiger partial charge in [0.15, 0.2) is 0 Å². The van der Waals surface area contributed by atoms with Crippen LogP contribution in [0.25, 0.3) is 0 Å². The lowest BCUT2D eigenvalue weighted by molar-refractivity contribution is -0.132. The number of amides is 3. The van der Waals surface area contributed by atoms with Crippen LogP contribution in [-0.2, 0) is 22.4 Å². The number of nitrogens with zero attached hydrogens (tertiary/aromatic N) is 1. The molecule has 0 spiro atoms. The van der Waals surface area contributed by atoms with Crippen molar-refractivity contribution < 1.29 is 19.5 Å². The van der Waals surface area contributed by atoms with Gasteiger partial charge in [0.05, 0.1) is 11.8 Å². The first kappa shape index (κ1) is 21.4. The smallest absolute Gasteiger partial charge is 0.407 e. The Morgan fingerprint density at radius 3 is 1.53 bits per heavy atom. The van der Waals surface area contributed by atoms with Gasteiger partial charge in [0.2, 0.25) is 11.8 Å². The molecule has 0 radical (unpaired) electrons. The van der Waals surface area contributed by atoms with E-state index in [1.165, 1.54) is 0 Å². The van der Waals surface area contributed by atoms with Crippen molar-refractivity contribution in [3.8, 4) is 0 Å². The maximum absolute atomic E-state index is 12.7. The highest BCUT2D eigenvalue weighted by atomic mass is 16.4. The molecule has 1 heterocycles. The second-order valence-electron chi connectivity index (χ2n) is 7.45. The number of rotatable bonds is 8. The molecule has 0 aliphatic carbocycles. The van der Waals surface area contributed by atoms with Crippen LogP contribution in [0.15, 0.2) is 60.7 Å². The van der Waals surface area contributed by atoms with E-state index in [2.05, 4.69) is 10.6 Å². The largest absolute Gasteiger partial charge is 0.465 e. The zero-order valence-electron chi connectivity index (χ0n) is 16.8. The Hall–Kier alpha value is -3.35. The first-order valence-electron chi connectivity index (χ1n) is 10.2. The molecule has 0 aromatic heterocycles. The number of nitrogens with one attached hydrogen (secondary N) is 2. The van der Waals surface area contributed by atoms with Crippen molar-refractivity contribution in [1.29, 1.82) is 0 Å². The van der Waals surface area contributed by atoms with Gasteiger partial charge in [0, 0.05) is 26.2 Å². The normalized spacial score (nSPS) is 18.1. The molecule has 3 rings (SSSR count). The van der Waals surface area contributed by atoms with Gasteiger partial charge in [-0.25, -0.2) is 4.79 Å². The van der Waals surface area contributed by atoms with Crippen LogP contribution in [0.4, 0.5) is 4.79 Å². The quantitative estimate of drug-likeness (QED) is 0.620. The summed E-state index contributed by atoms with van der Waals surface area (Å²) in [5.74, 6) is -1.93. The first-order chi connectivity index (χ1) is 14.5. The molecule has 2 unspecified atom stereocenters. The zero-order valence-corrected chi connectivity index (χ0v) is 16.8. The van der Waals surface area contributed by atoms with Crippen molar-refractivity contribution >= 4 is 17.9 Å². The van der Waals surface area contributed by atoms with Crippen LogP contribution in [0.1, 0.15) is 11.1 Å². The second kappa shape index (κ2) is 10.4. The monoisotopic (exact) mass is 409 g/mol. The fraction of sp³-hybridized carbons (Fsp3) is 0.348. The summed E-state index contributed by atoms with van der Waals surface area (Å²) in [6.45, 7) is 0.941. The van der Waals surface area contributed by atoms with Gasteiger partial charge < -0.3 is 20.6 Å². The van der Waals surface area contributed by atoms with E-state index in [-0.39, 0.29) is 24.9 Å². The van der Waals surface area contributed by atoms with Crippen LogP contribution in [0.5, 0.6) is 0 Å². The van der Waals surface area contributed by atoms with E-state index in [0.717, 1.165) is 16.0 Å². The molecule has 1 aliphatic heterocycles. The molecular formula is C23H27N3O4. The van der Waals surface area contributed by atoms with Crippen LogP contribution >= 0.6 is 0 Å². The van der Waals surface area contributed by atoms with Gasteiger partial charge in [0.1, 0.15) is 0 Å². The van der Waals surface area contributed by atoms with Crippen LogP contribution in [0, 0.1) is 11.8 Å². The van der Waals surface area contributed by atoms with Gasteiger partial charge >= 0.3 is 6.09 Å². The van der Waals surface area contributed by atoms with Crippen LogP contribution in [0.3, 0.4) is 0 Å². The van der Waals surface area contributed by atoms with Gasteiger partial charge in [-0.2, -0.15) is 0 Å². The number of benzene rings is 2. The van der Waals surface area contributed by atoms with Crippen LogP contribution in [0.2, 0.25) is 0 Å². The molecule has 3 amide bonds. The number of hydrogen-bond donors (Lipinski definition) is 3. The highest BCUT2D eigenvalue weighted by Crippen LogP contribution is 2.24. The fourth-order valence-corrected chi connectivity index (χ4v) is 3.70. The molecule has 2 atom stereocenters. The first-order valence-corrected chi connectivity index (χ1v) is 10.2. The molecule has 7 nitrogen and oxygen atoms in total. The summed E-state index contributed by atoms with van der Waals surface area (Å²) in [6.07, 6.45) is 0.239. The molecule has 2 aromatic rings. The van der Waals surface area contributed by atoms with E-state index in [1.54, 1.807) is 0 Å². The van der Waals surface area contributed by atoms with E-state index in [1.807, 2.05) is 60.7 Å². The predicted octanol–water partition coefficient (Wildman–Crippen LogP) is 1.93. The van der Waals surface area contributed by atoms with Gasteiger partial charge in [-0.3, -0.25) is 9.59 Å². The number of carboxylic acid groups (broad SMARTS) is 1. The molecule has 30 heavy (non-hydrogen) atoms. The minimum absolute atomic E-state index is 0.0310. The second-order valence-corrected chi connectivity index (χ2v) is 7.45. The molecule has 7 heteroatoms. The average Bonchev–Trinajstić information content (AvgIpc) is 3.21. The predicted molar refractivity (Wildman–Crippen MR) is 113 cm³/mol. The Labute approximate surface area is 176 Å². The maximum Gasteiger partial charge on any atom is 0.407 e. The molecule has 0 saturated carbocycles. The van der Waals surface area contributed by atoms with Crippen molar-refractivity contribution in [2.75, 3.05) is 26.2 Å². The lowest BCUT2D eigenvalue weighted by Gasteiger charge is -2.17. The summed E-state index contributed by atoms with van der Waals surface area (Å²) in [5, 5.41) is 15.0. The maximum atomic E-state index is 12.7. The highest BCUT2D eigenvalue weighted by molar-refractivity contribution is 5.89. The van der Waals surface area contributed by atoms with Crippen LogP contribution < -0.4 is 10.6 Å². The van der Waals surface area contributed by atoms with Gasteiger partial charge in [-0.05, 0) is 24.0 Å². The summed E-state index contributed by atoms with van der Waals surface area (Å²) < 4.78 is 0. The van der Waals surface area contributed by atoms with E-state index in [0.29, 0.717) is 25.9 Å². The standard InChI is InChI=1S/C23H27N3O4/c27-21(24-13-11-17-7-3-1-4-8-17)19-15-26(23(29)30)16-20(19)22(28)25-14-12-18-9-5-2-6-10-18/h1-10,19-20H,11-16H2,(H,24,27)(H,25,28)(H,29,30). The van der Waals surface area contributed by atoms with E-state index in [4.69, 9.17) is 0 Å². The Morgan fingerprint density at radius 1 is 0.767 bits per heavy atom. The summed E-state index contributed by atoms with van der Waals surface area (Å²) in [4.78, 5) is 37.9. The molecular weight excluding hydrogens is 382 g/mol. The number of carbonyl (C=O) groups excluding carboxylic acids is 2. The third-order valence-electron chi connectivity index (χ3n) is 5.38. The Balaban J connectivity index is 1.54. The van der Waals surface area contributed by atoms with E-state index < -0.39 is 17.9 Å². The van der Waals surface area contributed by atoms with Crippen molar-refractivity contribution in [2.45, 2.75) is 12.8 Å². The van der Waals surface area contributed by atoms with E-state index >= 15 is 0 Å². The number of likely N-dealkylation sites (tertiary alicyclic amines) is 1. The molecule has 3 N–H and O–H groups in total. The molecule has 1 fully saturated rings. The Morgan fingerprint density at radius 2 is 1.17 bits per heavy atom. The summed E-state index contributed by atoms with van der Waals surface area (Å²) in [6, 6.07) is 19.6. The minimum Gasteiger partial charge on any atom is -0.465 e. The van der Waals surface area contributed by atoms with Crippen LogP contribution in [-0.4, -0.2) is 54.1 Å². The summed E-state index contributed by atoms with van der Waals surface area (Å²) >= 11 is 0. The third kappa shape index (κ3) is 5.83. The summed E-state index contributed by atoms with van der Waals surface area (Å²) in [5.41, 5.74) is 2.21. The van der Waals surface area contributed by atoms with E-state index in [9.17, 15) is 19.5 Å². The minimum atomic E-state index is -1.11. The van der Waals surface area contributed by atoms with Crippen molar-refractivity contribution in [3.63, 3.8) is 0 Å². The van der Waals surface area contributed by atoms with Crippen molar-refractivity contribution in [2.24, 2.45) is 11.8 Å². The average molecular weight is 409 g/mol. The Bertz CT molecular complexity index is 792. The lowest BCUT2D eigenvalue weighted by atomic mass is 9.94. The molecule has 2 aromatic carbocycles. The van der Waals surface area contributed by atoms with Gasteiger partial charge in [-0.15, -0.1) is 0 Å².